The fourth-order valence-corrected chi connectivity index (χ4v) is 1.72. The van der Waals surface area contributed by atoms with Gasteiger partial charge in [-0.2, -0.15) is 0 Å². The SMILES string of the molecule is COP(=O)(OC)OC1COC(C)(C)O1. The van der Waals surface area contributed by atoms with Crippen LogP contribution in [0.25, 0.3) is 0 Å². The van der Waals surface area contributed by atoms with Crippen LogP contribution in [0, 0.1) is 0 Å². The zero-order valence-electron chi connectivity index (χ0n) is 8.68. The van der Waals surface area contributed by atoms with Gasteiger partial charge in [0.15, 0.2) is 12.1 Å². The van der Waals surface area contributed by atoms with E-state index < -0.39 is 19.9 Å². The first-order chi connectivity index (χ1) is 6.41. The van der Waals surface area contributed by atoms with Crippen molar-refractivity contribution >= 4 is 7.82 Å². The summed E-state index contributed by atoms with van der Waals surface area (Å²) in [5.41, 5.74) is 0. The van der Waals surface area contributed by atoms with Gasteiger partial charge in [-0.25, -0.2) is 4.57 Å². The molecule has 0 aliphatic carbocycles. The Balaban J connectivity index is 2.50. The van der Waals surface area contributed by atoms with Gasteiger partial charge >= 0.3 is 7.82 Å². The molecule has 1 aliphatic heterocycles. The summed E-state index contributed by atoms with van der Waals surface area (Å²) in [6.07, 6.45) is -0.726. The topological polar surface area (TPSA) is 63.2 Å². The molecule has 1 fully saturated rings. The first kappa shape index (κ1) is 12.1. The molecule has 0 bridgehead atoms. The highest BCUT2D eigenvalue weighted by Crippen LogP contribution is 2.50. The van der Waals surface area contributed by atoms with Gasteiger partial charge in [-0.1, -0.05) is 0 Å². The number of hydrogen-bond acceptors (Lipinski definition) is 6. The molecule has 7 heteroatoms. The molecule has 0 amide bonds. The van der Waals surface area contributed by atoms with E-state index in [2.05, 4.69) is 9.05 Å². The van der Waals surface area contributed by atoms with Crippen molar-refractivity contribution in [3.8, 4) is 0 Å². The van der Waals surface area contributed by atoms with Gasteiger partial charge in [0.25, 0.3) is 0 Å². The van der Waals surface area contributed by atoms with Crippen LogP contribution in [0.5, 0.6) is 0 Å². The van der Waals surface area contributed by atoms with Crippen LogP contribution in [0.3, 0.4) is 0 Å². The molecular weight excluding hydrogens is 211 g/mol. The number of phosphoric acid groups is 1. The molecule has 0 aromatic carbocycles. The Labute approximate surface area is 83.0 Å². The van der Waals surface area contributed by atoms with Crippen LogP contribution in [0.2, 0.25) is 0 Å². The predicted octanol–water partition coefficient (Wildman–Crippen LogP) is 1.51. The molecule has 0 aromatic rings. The maximum atomic E-state index is 11.5. The van der Waals surface area contributed by atoms with Gasteiger partial charge in [0.2, 0.25) is 0 Å². The van der Waals surface area contributed by atoms with Gasteiger partial charge in [-0.3, -0.25) is 13.6 Å². The summed E-state index contributed by atoms with van der Waals surface area (Å²) >= 11 is 0. The molecule has 0 radical (unpaired) electrons. The average molecular weight is 226 g/mol. The summed E-state index contributed by atoms with van der Waals surface area (Å²) in [6, 6.07) is 0. The van der Waals surface area contributed by atoms with Crippen LogP contribution in [-0.2, 0) is 27.6 Å². The summed E-state index contributed by atoms with van der Waals surface area (Å²) < 4.78 is 36.2. The Bertz CT molecular complexity index is 232. The minimum absolute atomic E-state index is 0.198. The van der Waals surface area contributed by atoms with Crippen molar-refractivity contribution in [2.75, 3.05) is 20.8 Å². The van der Waals surface area contributed by atoms with Crippen molar-refractivity contribution in [2.45, 2.75) is 25.9 Å². The van der Waals surface area contributed by atoms with E-state index in [4.69, 9.17) is 14.0 Å². The molecule has 1 heterocycles. The molecule has 14 heavy (non-hydrogen) atoms. The highest BCUT2D eigenvalue weighted by atomic mass is 31.2. The monoisotopic (exact) mass is 226 g/mol. The molecule has 1 saturated heterocycles. The van der Waals surface area contributed by atoms with Crippen molar-refractivity contribution in [2.24, 2.45) is 0 Å². The maximum absolute atomic E-state index is 11.5. The Hall–Kier alpha value is 0.0300. The Morgan fingerprint density at radius 1 is 1.36 bits per heavy atom. The molecule has 0 aromatic heterocycles. The van der Waals surface area contributed by atoms with E-state index in [9.17, 15) is 4.57 Å². The summed E-state index contributed by atoms with van der Waals surface area (Å²) in [5.74, 6) is -0.725. The van der Waals surface area contributed by atoms with Crippen LogP contribution in [-0.4, -0.2) is 32.9 Å². The lowest BCUT2D eigenvalue weighted by molar-refractivity contribution is -0.171. The quantitative estimate of drug-likeness (QED) is 0.677. The van der Waals surface area contributed by atoms with Crippen molar-refractivity contribution in [3.05, 3.63) is 0 Å². The maximum Gasteiger partial charge on any atom is 0.476 e. The van der Waals surface area contributed by atoms with Crippen molar-refractivity contribution < 1.29 is 27.6 Å². The lowest BCUT2D eigenvalue weighted by Gasteiger charge is -2.19. The highest BCUT2D eigenvalue weighted by molar-refractivity contribution is 7.48. The van der Waals surface area contributed by atoms with Crippen molar-refractivity contribution in [1.82, 2.24) is 0 Å². The molecule has 0 spiro atoms. The molecule has 1 unspecified atom stereocenters. The zero-order valence-corrected chi connectivity index (χ0v) is 9.58. The molecule has 1 atom stereocenters. The largest absolute Gasteiger partial charge is 0.476 e. The smallest absolute Gasteiger partial charge is 0.345 e. The molecule has 0 saturated carbocycles. The van der Waals surface area contributed by atoms with E-state index in [0.717, 1.165) is 0 Å². The first-order valence-corrected chi connectivity index (χ1v) is 5.58. The van der Waals surface area contributed by atoms with Crippen LogP contribution in [0.15, 0.2) is 0 Å². The summed E-state index contributed by atoms with van der Waals surface area (Å²) in [4.78, 5) is 0. The van der Waals surface area contributed by atoms with E-state index >= 15 is 0 Å². The van der Waals surface area contributed by atoms with Gasteiger partial charge in [0.05, 0.1) is 0 Å². The van der Waals surface area contributed by atoms with E-state index in [0.29, 0.717) is 0 Å². The third-order valence-corrected chi connectivity index (χ3v) is 3.06. The molecule has 84 valence electrons. The lowest BCUT2D eigenvalue weighted by atomic mass is 10.4. The van der Waals surface area contributed by atoms with Gasteiger partial charge in [0, 0.05) is 14.2 Å². The average Bonchev–Trinajstić information content (AvgIpc) is 2.45. The van der Waals surface area contributed by atoms with E-state index in [1.807, 2.05) is 0 Å². The predicted molar refractivity (Wildman–Crippen MR) is 47.6 cm³/mol. The fraction of sp³-hybridized carbons (Fsp3) is 1.00. The van der Waals surface area contributed by atoms with Crippen molar-refractivity contribution in [1.29, 1.82) is 0 Å². The summed E-state index contributed by atoms with van der Waals surface area (Å²) in [7, 11) is -1.01. The summed E-state index contributed by atoms with van der Waals surface area (Å²) in [5, 5.41) is 0. The van der Waals surface area contributed by atoms with Gasteiger partial charge in [0.1, 0.15) is 6.61 Å². The third-order valence-electron chi connectivity index (χ3n) is 1.68. The first-order valence-electron chi connectivity index (χ1n) is 4.12. The van der Waals surface area contributed by atoms with E-state index in [1.54, 1.807) is 13.8 Å². The minimum atomic E-state index is -3.49. The molecule has 0 N–H and O–H groups in total. The second-order valence-corrected chi connectivity index (χ2v) is 5.01. The van der Waals surface area contributed by atoms with Crippen LogP contribution >= 0.6 is 7.82 Å². The second kappa shape index (κ2) is 4.26. The van der Waals surface area contributed by atoms with Crippen LogP contribution in [0.4, 0.5) is 0 Å². The minimum Gasteiger partial charge on any atom is -0.345 e. The van der Waals surface area contributed by atoms with Crippen LogP contribution < -0.4 is 0 Å². The summed E-state index contributed by atoms with van der Waals surface area (Å²) in [6.45, 7) is 3.67. The Kier molecular flexibility index (Phi) is 3.69. The van der Waals surface area contributed by atoms with Gasteiger partial charge in [-0.05, 0) is 13.8 Å². The van der Waals surface area contributed by atoms with Gasteiger partial charge in [-0.15, -0.1) is 0 Å². The number of hydrogen-bond donors (Lipinski definition) is 0. The number of rotatable bonds is 4. The van der Waals surface area contributed by atoms with Crippen molar-refractivity contribution in [3.63, 3.8) is 0 Å². The fourth-order valence-electron chi connectivity index (χ4n) is 1.01. The van der Waals surface area contributed by atoms with Gasteiger partial charge < -0.3 is 9.47 Å². The van der Waals surface area contributed by atoms with E-state index in [-0.39, 0.29) is 6.61 Å². The Morgan fingerprint density at radius 2 is 1.93 bits per heavy atom. The second-order valence-electron chi connectivity index (χ2n) is 3.18. The molecule has 1 rings (SSSR count). The lowest BCUT2D eigenvalue weighted by Crippen LogP contribution is -2.22. The zero-order chi connectivity index (χ0) is 10.8. The molecular formula is C7H15O6P. The van der Waals surface area contributed by atoms with Crippen LogP contribution in [0.1, 0.15) is 13.8 Å². The molecule has 6 nitrogen and oxygen atoms in total. The molecule has 1 aliphatic rings. The number of ether oxygens (including phenoxy) is 2. The highest BCUT2D eigenvalue weighted by Gasteiger charge is 2.38. The standard InChI is InChI=1S/C7H15O6P/c1-7(2)11-5-6(12-7)13-14(8,9-3)10-4/h6H,5H2,1-4H3. The normalized spacial score (nSPS) is 26.7. The third kappa shape index (κ3) is 3.02. The van der Waals surface area contributed by atoms with E-state index in [1.165, 1.54) is 14.2 Å². The Morgan fingerprint density at radius 3 is 2.29 bits per heavy atom. The number of phosphoric ester groups is 1.